The fourth-order valence-electron chi connectivity index (χ4n) is 2.07. The van der Waals surface area contributed by atoms with Gasteiger partial charge in [-0.25, -0.2) is 14.3 Å². The van der Waals surface area contributed by atoms with E-state index in [1.807, 2.05) is 0 Å². The van der Waals surface area contributed by atoms with Crippen molar-refractivity contribution in [2.24, 2.45) is 0 Å². The van der Waals surface area contributed by atoms with E-state index in [0.717, 1.165) is 18.5 Å². The monoisotopic (exact) mass is 295 g/mol. The lowest BCUT2D eigenvalue weighted by Crippen LogP contribution is -2.16. The average Bonchev–Trinajstić information content (AvgIpc) is 2.55. The van der Waals surface area contributed by atoms with Crippen molar-refractivity contribution in [1.82, 2.24) is 14.6 Å². The van der Waals surface area contributed by atoms with Crippen LogP contribution in [0.15, 0.2) is 16.7 Å². The first kappa shape index (κ1) is 10.7. The third-order valence-corrected chi connectivity index (χ3v) is 3.55. The number of aromatic carboxylic acids is 1. The molecule has 3 rings (SSSR count). The molecule has 88 valence electrons. The summed E-state index contributed by atoms with van der Waals surface area (Å²) < 4.78 is 2.41. The molecule has 0 aliphatic heterocycles. The Morgan fingerprint density at radius 2 is 2.24 bits per heavy atom. The fourth-order valence-corrected chi connectivity index (χ4v) is 2.44. The minimum absolute atomic E-state index is 0.0896. The van der Waals surface area contributed by atoms with Gasteiger partial charge in [0.2, 0.25) is 0 Å². The first-order valence-corrected chi connectivity index (χ1v) is 6.24. The van der Waals surface area contributed by atoms with E-state index in [1.165, 1.54) is 6.42 Å². The number of halogens is 1. The largest absolute Gasteiger partial charge is 0.477 e. The van der Waals surface area contributed by atoms with E-state index >= 15 is 0 Å². The summed E-state index contributed by atoms with van der Waals surface area (Å²) in [5.74, 6) is -0.587. The topological polar surface area (TPSA) is 67.5 Å². The van der Waals surface area contributed by atoms with Gasteiger partial charge in [-0.2, -0.15) is 5.10 Å². The summed E-state index contributed by atoms with van der Waals surface area (Å²) in [6, 6.07) is 3.37. The lowest BCUT2D eigenvalue weighted by atomic mass is 9.82. The van der Waals surface area contributed by atoms with Crippen LogP contribution in [0.2, 0.25) is 0 Å². The van der Waals surface area contributed by atoms with Crippen LogP contribution in [0.3, 0.4) is 0 Å². The summed E-state index contributed by atoms with van der Waals surface area (Å²) in [5.41, 5.74) is 1.62. The zero-order chi connectivity index (χ0) is 12.0. The molecular formula is C11H10BrN3O2. The molecule has 0 radical (unpaired) electrons. The van der Waals surface area contributed by atoms with Crippen LogP contribution in [0, 0.1) is 0 Å². The van der Waals surface area contributed by atoms with Crippen molar-refractivity contribution in [2.75, 3.05) is 0 Å². The maximum absolute atomic E-state index is 11.0. The lowest BCUT2D eigenvalue weighted by Gasteiger charge is -2.26. The van der Waals surface area contributed by atoms with E-state index in [-0.39, 0.29) is 5.69 Å². The highest BCUT2D eigenvalue weighted by molar-refractivity contribution is 9.10. The van der Waals surface area contributed by atoms with E-state index in [2.05, 4.69) is 26.0 Å². The Balaban J connectivity index is 2.24. The molecule has 0 amide bonds. The number of carbonyl (C=O) groups is 1. The minimum atomic E-state index is -0.995. The third-order valence-electron chi connectivity index (χ3n) is 3.17. The maximum atomic E-state index is 11.0. The molecule has 17 heavy (non-hydrogen) atoms. The quantitative estimate of drug-likeness (QED) is 0.924. The first-order valence-electron chi connectivity index (χ1n) is 5.44. The third kappa shape index (κ3) is 1.72. The van der Waals surface area contributed by atoms with E-state index in [0.29, 0.717) is 16.2 Å². The van der Waals surface area contributed by atoms with Gasteiger partial charge in [0.05, 0.1) is 0 Å². The summed E-state index contributed by atoms with van der Waals surface area (Å²) in [6.07, 6.45) is 3.38. The molecule has 6 heteroatoms. The maximum Gasteiger partial charge on any atom is 0.354 e. The summed E-state index contributed by atoms with van der Waals surface area (Å²) in [5, 5.41) is 13.3. The Morgan fingerprint density at radius 1 is 1.47 bits per heavy atom. The van der Waals surface area contributed by atoms with Crippen molar-refractivity contribution in [1.29, 1.82) is 0 Å². The van der Waals surface area contributed by atoms with E-state index < -0.39 is 5.97 Å². The Hall–Kier alpha value is -1.43. The highest BCUT2D eigenvalue weighted by Gasteiger charge is 2.24. The number of hydrogen-bond donors (Lipinski definition) is 1. The van der Waals surface area contributed by atoms with Gasteiger partial charge in [0.1, 0.15) is 4.60 Å². The van der Waals surface area contributed by atoms with Crippen LogP contribution in [0.5, 0.6) is 0 Å². The summed E-state index contributed by atoms with van der Waals surface area (Å²) in [4.78, 5) is 15.1. The summed E-state index contributed by atoms with van der Waals surface area (Å²) >= 11 is 3.29. The SMILES string of the molecule is O=C(O)c1cc(C2CCC2)n2nc(Br)cc2n1. The van der Waals surface area contributed by atoms with E-state index in [9.17, 15) is 4.79 Å². The van der Waals surface area contributed by atoms with Crippen LogP contribution in [0.1, 0.15) is 41.4 Å². The summed E-state index contributed by atoms with van der Waals surface area (Å²) in [7, 11) is 0. The fraction of sp³-hybridized carbons (Fsp3) is 0.364. The van der Waals surface area contributed by atoms with Crippen molar-refractivity contribution in [3.63, 3.8) is 0 Å². The molecule has 1 fully saturated rings. The Labute approximate surface area is 106 Å². The first-order chi connectivity index (χ1) is 8.15. The minimum Gasteiger partial charge on any atom is -0.477 e. The Bertz CT molecular complexity index is 604. The van der Waals surface area contributed by atoms with Gasteiger partial charge >= 0.3 is 5.97 Å². The summed E-state index contributed by atoms with van der Waals surface area (Å²) in [6.45, 7) is 0. The Kier molecular flexibility index (Phi) is 2.39. The molecule has 2 aromatic rings. The standard InChI is InChI=1S/C11H10BrN3O2/c12-9-5-10-13-7(11(16)17)4-8(15(10)14-9)6-2-1-3-6/h4-6H,1-3H2,(H,16,17). The molecule has 1 aliphatic rings. The molecule has 2 heterocycles. The predicted molar refractivity (Wildman–Crippen MR) is 64.2 cm³/mol. The number of carboxylic acid groups (broad SMARTS) is 1. The number of fused-ring (bicyclic) bond motifs is 1. The van der Waals surface area contributed by atoms with Gasteiger partial charge in [-0.15, -0.1) is 0 Å². The highest BCUT2D eigenvalue weighted by Crippen LogP contribution is 2.36. The average molecular weight is 296 g/mol. The predicted octanol–water partition coefficient (Wildman–Crippen LogP) is 2.46. The number of carboxylic acids is 1. The van der Waals surface area contributed by atoms with Gasteiger partial charge < -0.3 is 5.11 Å². The molecule has 1 N–H and O–H groups in total. The molecule has 0 spiro atoms. The highest BCUT2D eigenvalue weighted by atomic mass is 79.9. The molecule has 0 atom stereocenters. The number of aromatic nitrogens is 3. The Morgan fingerprint density at radius 3 is 2.82 bits per heavy atom. The number of hydrogen-bond acceptors (Lipinski definition) is 3. The van der Waals surface area contributed by atoms with Crippen LogP contribution >= 0.6 is 15.9 Å². The number of rotatable bonds is 2. The molecule has 1 saturated carbocycles. The molecule has 1 aliphatic carbocycles. The van der Waals surface area contributed by atoms with Crippen LogP contribution < -0.4 is 0 Å². The van der Waals surface area contributed by atoms with Crippen molar-refractivity contribution >= 4 is 27.5 Å². The molecule has 0 unspecified atom stereocenters. The second-order valence-corrected chi connectivity index (χ2v) is 5.05. The van der Waals surface area contributed by atoms with Gasteiger partial charge in [0.15, 0.2) is 11.3 Å². The van der Waals surface area contributed by atoms with Crippen LogP contribution in [0.4, 0.5) is 0 Å². The molecule has 2 aromatic heterocycles. The molecule has 0 saturated heterocycles. The number of nitrogens with zero attached hydrogens (tertiary/aromatic N) is 3. The second kappa shape index (κ2) is 3.80. The molecule has 0 bridgehead atoms. The van der Waals surface area contributed by atoms with Crippen LogP contribution in [0.25, 0.3) is 5.65 Å². The zero-order valence-electron chi connectivity index (χ0n) is 8.93. The normalized spacial score (nSPS) is 16.1. The van der Waals surface area contributed by atoms with Gasteiger partial charge in [0.25, 0.3) is 0 Å². The van der Waals surface area contributed by atoms with E-state index in [4.69, 9.17) is 5.11 Å². The van der Waals surface area contributed by atoms with Gasteiger partial charge in [-0.05, 0) is 34.8 Å². The van der Waals surface area contributed by atoms with Crippen LogP contribution in [-0.4, -0.2) is 25.7 Å². The second-order valence-electron chi connectivity index (χ2n) is 4.24. The van der Waals surface area contributed by atoms with Crippen molar-refractivity contribution in [3.8, 4) is 0 Å². The van der Waals surface area contributed by atoms with Crippen molar-refractivity contribution in [3.05, 3.63) is 28.1 Å². The van der Waals surface area contributed by atoms with Gasteiger partial charge in [-0.1, -0.05) is 6.42 Å². The molecule has 5 nitrogen and oxygen atoms in total. The van der Waals surface area contributed by atoms with Crippen LogP contribution in [-0.2, 0) is 0 Å². The van der Waals surface area contributed by atoms with Gasteiger partial charge in [-0.3, -0.25) is 0 Å². The zero-order valence-corrected chi connectivity index (χ0v) is 10.5. The molecular weight excluding hydrogens is 286 g/mol. The molecule has 0 aromatic carbocycles. The van der Waals surface area contributed by atoms with Crippen molar-refractivity contribution < 1.29 is 9.90 Å². The lowest BCUT2D eigenvalue weighted by molar-refractivity contribution is 0.0690. The smallest absolute Gasteiger partial charge is 0.354 e. The van der Waals surface area contributed by atoms with Gasteiger partial charge in [0, 0.05) is 17.7 Å². The van der Waals surface area contributed by atoms with Crippen molar-refractivity contribution in [2.45, 2.75) is 25.2 Å². The van der Waals surface area contributed by atoms with E-state index in [1.54, 1.807) is 16.6 Å².